The minimum absolute atomic E-state index is 0.0664. The molecule has 0 saturated carbocycles. The fraction of sp³-hybridized carbons (Fsp3) is 0.500. The molecule has 18 heavy (non-hydrogen) atoms. The lowest BCUT2D eigenvalue weighted by atomic mass is 10.2. The van der Waals surface area contributed by atoms with E-state index in [1.165, 1.54) is 6.07 Å². The monoisotopic (exact) mass is 252 g/mol. The minimum Gasteiger partial charge on any atom is -0.478 e. The summed E-state index contributed by atoms with van der Waals surface area (Å²) in [6.07, 6.45) is 0.765. The number of carboxylic acid groups (broad SMARTS) is 1. The van der Waals surface area contributed by atoms with Crippen molar-refractivity contribution in [2.24, 2.45) is 0 Å². The number of hydrogen-bond acceptors (Lipinski definition) is 4. The van der Waals surface area contributed by atoms with Gasteiger partial charge in [-0.25, -0.2) is 4.79 Å². The number of amides is 1. The number of nitrogens with zero attached hydrogens (tertiary/aromatic N) is 1. The Labute approximate surface area is 105 Å². The standard InChI is InChI=1S/C12H16N2O4/c1-7-9(12(16)17)5-8(18-7)6-13-10-3-4-14(2)11(10)15/h5,10,13H,3-4,6H2,1-2H3,(H,16,17). The van der Waals surface area contributed by atoms with Gasteiger partial charge in [0.1, 0.15) is 17.1 Å². The summed E-state index contributed by atoms with van der Waals surface area (Å²) in [5.41, 5.74) is 0.168. The summed E-state index contributed by atoms with van der Waals surface area (Å²) in [4.78, 5) is 24.2. The second kappa shape index (κ2) is 4.81. The molecule has 1 aliphatic heterocycles. The van der Waals surface area contributed by atoms with Gasteiger partial charge in [-0.15, -0.1) is 0 Å². The number of nitrogens with one attached hydrogen (secondary N) is 1. The Balaban J connectivity index is 1.97. The predicted octanol–water partition coefficient (Wildman–Crippen LogP) is 0.607. The highest BCUT2D eigenvalue weighted by atomic mass is 16.4. The fourth-order valence-corrected chi connectivity index (χ4v) is 2.08. The number of aromatic carboxylic acids is 1. The van der Waals surface area contributed by atoms with Crippen molar-refractivity contribution < 1.29 is 19.1 Å². The maximum Gasteiger partial charge on any atom is 0.339 e. The van der Waals surface area contributed by atoms with Gasteiger partial charge in [0.15, 0.2) is 0 Å². The topological polar surface area (TPSA) is 82.8 Å². The molecule has 6 nitrogen and oxygen atoms in total. The average Bonchev–Trinajstić information content (AvgIpc) is 2.82. The summed E-state index contributed by atoms with van der Waals surface area (Å²) in [7, 11) is 1.77. The third-order valence-electron chi connectivity index (χ3n) is 3.15. The molecule has 1 atom stereocenters. The third kappa shape index (κ3) is 2.38. The Hall–Kier alpha value is -1.82. The molecule has 1 saturated heterocycles. The van der Waals surface area contributed by atoms with E-state index < -0.39 is 5.97 Å². The van der Waals surface area contributed by atoms with Crippen LogP contribution in [0, 0.1) is 6.92 Å². The van der Waals surface area contributed by atoms with Crippen LogP contribution in [0.15, 0.2) is 10.5 Å². The number of carboxylic acids is 1. The molecule has 6 heteroatoms. The Morgan fingerprint density at radius 3 is 2.89 bits per heavy atom. The van der Waals surface area contributed by atoms with Crippen LogP contribution in [0.1, 0.15) is 28.3 Å². The predicted molar refractivity (Wildman–Crippen MR) is 63.3 cm³/mol. The number of likely N-dealkylation sites (N-methyl/N-ethyl adjacent to an activating group) is 1. The van der Waals surface area contributed by atoms with E-state index >= 15 is 0 Å². The van der Waals surface area contributed by atoms with Crippen LogP contribution in [0.2, 0.25) is 0 Å². The van der Waals surface area contributed by atoms with Gasteiger partial charge in [0, 0.05) is 13.6 Å². The molecule has 1 amide bonds. The van der Waals surface area contributed by atoms with Crippen LogP contribution in [-0.4, -0.2) is 41.5 Å². The Kier molecular flexibility index (Phi) is 3.38. The first-order valence-electron chi connectivity index (χ1n) is 5.80. The first-order chi connectivity index (χ1) is 8.49. The highest BCUT2D eigenvalue weighted by Crippen LogP contribution is 2.15. The van der Waals surface area contributed by atoms with Crippen molar-refractivity contribution in [1.82, 2.24) is 10.2 Å². The van der Waals surface area contributed by atoms with E-state index in [1.54, 1.807) is 18.9 Å². The second-order valence-electron chi connectivity index (χ2n) is 4.47. The average molecular weight is 252 g/mol. The molecule has 1 aromatic rings. The molecule has 1 aliphatic rings. The quantitative estimate of drug-likeness (QED) is 0.820. The van der Waals surface area contributed by atoms with Crippen LogP contribution in [0.5, 0.6) is 0 Å². The third-order valence-corrected chi connectivity index (χ3v) is 3.15. The van der Waals surface area contributed by atoms with Gasteiger partial charge in [0.2, 0.25) is 5.91 Å². The van der Waals surface area contributed by atoms with Crippen LogP contribution in [0.3, 0.4) is 0 Å². The first kappa shape index (κ1) is 12.6. The van der Waals surface area contributed by atoms with Crippen LogP contribution < -0.4 is 5.32 Å². The zero-order valence-corrected chi connectivity index (χ0v) is 10.4. The van der Waals surface area contributed by atoms with E-state index in [2.05, 4.69) is 5.32 Å². The van der Waals surface area contributed by atoms with Gasteiger partial charge < -0.3 is 14.4 Å². The van der Waals surface area contributed by atoms with Crippen molar-refractivity contribution in [2.45, 2.75) is 25.9 Å². The summed E-state index contributed by atoms with van der Waals surface area (Å²) >= 11 is 0. The maximum absolute atomic E-state index is 11.6. The molecule has 2 heterocycles. The lowest BCUT2D eigenvalue weighted by molar-refractivity contribution is -0.128. The molecule has 0 spiro atoms. The molecule has 0 bridgehead atoms. The summed E-state index contributed by atoms with van der Waals surface area (Å²) in [5, 5.41) is 12.0. The van der Waals surface area contributed by atoms with Crippen molar-refractivity contribution in [3.63, 3.8) is 0 Å². The summed E-state index contributed by atoms with van der Waals surface area (Å²) < 4.78 is 5.33. The summed E-state index contributed by atoms with van der Waals surface area (Å²) in [6.45, 7) is 2.72. The molecule has 0 aliphatic carbocycles. The van der Waals surface area contributed by atoms with Crippen LogP contribution >= 0.6 is 0 Å². The van der Waals surface area contributed by atoms with Gasteiger partial charge in [-0.1, -0.05) is 0 Å². The van der Waals surface area contributed by atoms with Gasteiger partial charge in [0.05, 0.1) is 12.6 Å². The van der Waals surface area contributed by atoms with E-state index in [0.29, 0.717) is 18.1 Å². The molecule has 2 rings (SSSR count). The van der Waals surface area contributed by atoms with Gasteiger partial charge in [-0.3, -0.25) is 10.1 Å². The molecule has 0 aromatic carbocycles. The zero-order chi connectivity index (χ0) is 13.3. The highest BCUT2D eigenvalue weighted by molar-refractivity contribution is 5.88. The van der Waals surface area contributed by atoms with Crippen molar-refractivity contribution in [1.29, 1.82) is 0 Å². The SMILES string of the molecule is Cc1oc(CNC2CCN(C)C2=O)cc1C(=O)O. The van der Waals surface area contributed by atoms with Gasteiger partial charge in [-0.05, 0) is 19.4 Å². The van der Waals surface area contributed by atoms with Crippen molar-refractivity contribution in [3.8, 4) is 0 Å². The number of furan rings is 1. The van der Waals surface area contributed by atoms with E-state index in [0.717, 1.165) is 13.0 Å². The summed E-state index contributed by atoms with van der Waals surface area (Å²) in [6, 6.07) is 1.29. The molecule has 0 radical (unpaired) electrons. The van der Waals surface area contributed by atoms with Gasteiger partial charge in [-0.2, -0.15) is 0 Å². The van der Waals surface area contributed by atoms with Crippen LogP contribution in [0.25, 0.3) is 0 Å². The van der Waals surface area contributed by atoms with E-state index in [1.807, 2.05) is 0 Å². The maximum atomic E-state index is 11.6. The summed E-state index contributed by atoms with van der Waals surface area (Å²) in [5.74, 6) is -0.0164. The second-order valence-corrected chi connectivity index (χ2v) is 4.47. The van der Waals surface area contributed by atoms with E-state index in [4.69, 9.17) is 9.52 Å². The number of hydrogen-bond donors (Lipinski definition) is 2. The molecule has 98 valence electrons. The number of aryl methyl sites for hydroxylation is 1. The van der Waals surface area contributed by atoms with Crippen molar-refractivity contribution >= 4 is 11.9 Å². The molecular formula is C12H16N2O4. The zero-order valence-electron chi connectivity index (χ0n) is 10.4. The Morgan fingerprint density at radius 1 is 1.67 bits per heavy atom. The number of likely N-dealkylation sites (tertiary alicyclic amines) is 1. The highest BCUT2D eigenvalue weighted by Gasteiger charge is 2.28. The fourth-order valence-electron chi connectivity index (χ4n) is 2.08. The lowest BCUT2D eigenvalue weighted by Crippen LogP contribution is -2.36. The van der Waals surface area contributed by atoms with Crippen molar-refractivity contribution in [2.75, 3.05) is 13.6 Å². The normalized spacial score (nSPS) is 19.6. The molecular weight excluding hydrogens is 236 g/mol. The molecule has 1 fully saturated rings. The van der Waals surface area contributed by atoms with Crippen molar-refractivity contribution in [3.05, 3.63) is 23.2 Å². The molecule has 1 unspecified atom stereocenters. The van der Waals surface area contributed by atoms with Gasteiger partial charge in [0.25, 0.3) is 0 Å². The van der Waals surface area contributed by atoms with Gasteiger partial charge >= 0.3 is 5.97 Å². The van der Waals surface area contributed by atoms with E-state index in [-0.39, 0.29) is 17.5 Å². The molecule has 1 aromatic heterocycles. The lowest BCUT2D eigenvalue weighted by Gasteiger charge is -2.10. The smallest absolute Gasteiger partial charge is 0.339 e. The minimum atomic E-state index is -1.00. The van der Waals surface area contributed by atoms with E-state index in [9.17, 15) is 9.59 Å². The Morgan fingerprint density at radius 2 is 2.39 bits per heavy atom. The van der Waals surface area contributed by atoms with Crippen LogP contribution in [0.4, 0.5) is 0 Å². The number of carbonyl (C=O) groups excluding carboxylic acids is 1. The van der Waals surface area contributed by atoms with Crippen LogP contribution in [-0.2, 0) is 11.3 Å². The molecule has 2 N–H and O–H groups in total. The number of carbonyl (C=O) groups is 2. The Bertz CT molecular complexity index is 480. The first-order valence-corrected chi connectivity index (χ1v) is 5.80. The largest absolute Gasteiger partial charge is 0.478 e. The number of rotatable bonds is 4.